The van der Waals surface area contributed by atoms with Crippen molar-refractivity contribution in [1.82, 2.24) is 0 Å². The minimum absolute atomic E-state index is 0.109. The van der Waals surface area contributed by atoms with E-state index in [1.54, 1.807) is 6.92 Å². The lowest BCUT2D eigenvalue weighted by Gasteiger charge is -2.55. The van der Waals surface area contributed by atoms with Crippen LogP contribution in [0, 0.1) is 35.0 Å². The van der Waals surface area contributed by atoms with Crippen LogP contribution in [0.5, 0.6) is 0 Å². The summed E-state index contributed by atoms with van der Waals surface area (Å²) in [5.74, 6) is 3.64. The van der Waals surface area contributed by atoms with Crippen molar-refractivity contribution < 1.29 is 14.3 Å². The zero-order valence-electron chi connectivity index (χ0n) is 15.2. The van der Waals surface area contributed by atoms with Gasteiger partial charge in [-0.25, -0.2) is 0 Å². The van der Waals surface area contributed by atoms with Crippen molar-refractivity contribution in [3.63, 3.8) is 0 Å². The molecule has 24 heavy (non-hydrogen) atoms. The smallest absolute Gasteiger partial charge is 0.302 e. The van der Waals surface area contributed by atoms with Crippen molar-refractivity contribution in [2.24, 2.45) is 35.0 Å². The van der Waals surface area contributed by atoms with Crippen LogP contribution in [-0.4, -0.2) is 17.9 Å². The van der Waals surface area contributed by atoms with Crippen LogP contribution in [0.15, 0.2) is 11.6 Å². The molecule has 0 spiro atoms. The van der Waals surface area contributed by atoms with Crippen molar-refractivity contribution in [2.45, 2.75) is 71.8 Å². The van der Waals surface area contributed by atoms with Crippen LogP contribution in [0.3, 0.4) is 0 Å². The normalized spacial score (nSPS) is 47.3. The summed E-state index contributed by atoms with van der Waals surface area (Å²) < 4.78 is 5.72. The maximum absolute atomic E-state index is 11.8. The Morgan fingerprint density at radius 3 is 2.79 bits per heavy atom. The van der Waals surface area contributed by atoms with Gasteiger partial charge in [0.15, 0.2) is 5.78 Å². The molecular weight excluding hydrogens is 300 g/mol. The van der Waals surface area contributed by atoms with Gasteiger partial charge in [0, 0.05) is 18.8 Å². The lowest BCUT2D eigenvalue weighted by Crippen LogP contribution is -2.50. The Bertz CT molecular complexity index is 592. The summed E-state index contributed by atoms with van der Waals surface area (Å²) in [5.41, 5.74) is 1.60. The fraction of sp³-hybridized carbons (Fsp3) is 0.810. The van der Waals surface area contributed by atoms with Gasteiger partial charge >= 0.3 is 5.97 Å². The predicted molar refractivity (Wildman–Crippen MR) is 92.2 cm³/mol. The van der Waals surface area contributed by atoms with Gasteiger partial charge in [-0.05, 0) is 74.2 Å². The van der Waals surface area contributed by atoms with Crippen molar-refractivity contribution >= 4 is 11.8 Å². The van der Waals surface area contributed by atoms with Gasteiger partial charge in [-0.15, -0.1) is 0 Å². The number of ketones is 1. The Hall–Kier alpha value is -1.12. The Balaban J connectivity index is 1.62. The molecule has 0 aliphatic heterocycles. The summed E-state index contributed by atoms with van der Waals surface area (Å²) in [6.07, 6.45) is 9.62. The van der Waals surface area contributed by atoms with Crippen LogP contribution in [-0.2, 0) is 14.3 Å². The molecule has 0 amide bonds. The molecule has 0 radical (unpaired) electrons. The van der Waals surface area contributed by atoms with Crippen LogP contribution >= 0.6 is 0 Å². The Morgan fingerprint density at radius 1 is 1.25 bits per heavy atom. The number of esters is 1. The average Bonchev–Trinajstić information content (AvgIpc) is 2.83. The quantitative estimate of drug-likeness (QED) is 0.673. The molecule has 0 N–H and O–H groups in total. The fourth-order valence-electron chi connectivity index (χ4n) is 6.93. The second kappa shape index (κ2) is 5.71. The van der Waals surface area contributed by atoms with E-state index in [1.165, 1.54) is 24.8 Å². The third-order valence-corrected chi connectivity index (χ3v) is 7.86. The zero-order valence-corrected chi connectivity index (χ0v) is 15.2. The first-order valence-electron chi connectivity index (χ1n) is 9.80. The third kappa shape index (κ3) is 2.38. The van der Waals surface area contributed by atoms with Gasteiger partial charge in [0.25, 0.3) is 0 Å². The van der Waals surface area contributed by atoms with E-state index in [2.05, 4.69) is 13.8 Å². The highest BCUT2D eigenvalue weighted by molar-refractivity contribution is 5.91. The van der Waals surface area contributed by atoms with Crippen molar-refractivity contribution in [1.29, 1.82) is 0 Å². The molecule has 1 unspecified atom stereocenters. The molecule has 7 atom stereocenters. The van der Waals surface area contributed by atoms with Gasteiger partial charge in [-0.2, -0.15) is 0 Å². The number of ether oxygens (including phenoxy) is 1. The van der Waals surface area contributed by atoms with Crippen molar-refractivity contribution in [3.8, 4) is 0 Å². The highest BCUT2D eigenvalue weighted by Gasteiger charge is 2.58. The second-order valence-electron chi connectivity index (χ2n) is 9.08. The Kier molecular flexibility index (Phi) is 3.89. The molecule has 3 fully saturated rings. The molecule has 0 aromatic carbocycles. The molecule has 3 nitrogen and oxygen atoms in total. The van der Waals surface area contributed by atoms with E-state index in [1.807, 2.05) is 6.08 Å². The molecule has 0 aromatic heterocycles. The molecule has 3 heteroatoms. The Morgan fingerprint density at radius 2 is 2.04 bits per heavy atom. The van der Waals surface area contributed by atoms with E-state index in [4.69, 9.17) is 4.74 Å². The summed E-state index contributed by atoms with van der Waals surface area (Å²) in [4.78, 5) is 23.4. The molecule has 4 aliphatic carbocycles. The lowest BCUT2D eigenvalue weighted by molar-refractivity contribution is -0.157. The number of rotatable bonds is 1. The topological polar surface area (TPSA) is 43.4 Å². The van der Waals surface area contributed by atoms with E-state index in [9.17, 15) is 9.59 Å². The van der Waals surface area contributed by atoms with Crippen molar-refractivity contribution in [2.75, 3.05) is 0 Å². The van der Waals surface area contributed by atoms with Crippen LogP contribution in [0.1, 0.15) is 65.7 Å². The molecule has 0 saturated heterocycles. The number of carbonyl (C=O) groups is 2. The van der Waals surface area contributed by atoms with Gasteiger partial charge in [0.2, 0.25) is 0 Å². The molecular formula is C21H30O3. The largest absolute Gasteiger partial charge is 0.462 e. The van der Waals surface area contributed by atoms with Gasteiger partial charge < -0.3 is 4.74 Å². The summed E-state index contributed by atoms with van der Waals surface area (Å²) in [6.45, 7) is 6.30. The monoisotopic (exact) mass is 330 g/mol. The molecule has 0 heterocycles. The van der Waals surface area contributed by atoms with E-state index >= 15 is 0 Å². The molecule has 3 saturated carbocycles. The Labute approximate surface area is 145 Å². The number of allylic oxidation sites excluding steroid dienone is 1. The SMILES string of the molecule is CC(=O)OC1CC[C@H]2[C@H]3[C@H](CC[C@]12C)[C@H]1CCC(=O)C=C1C[C@H]3C. The average molecular weight is 330 g/mol. The van der Waals surface area contributed by atoms with Gasteiger partial charge in [0.05, 0.1) is 0 Å². The van der Waals surface area contributed by atoms with Crippen LogP contribution in [0.2, 0.25) is 0 Å². The second-order valence-corrected chi connectivity index (χ2v) is 9.08. The summed E-state index contributed by atoms with van der Waals surface area (Å²) >= 11 is 0. The molecule has 4 rings (SSSR count). The summed E-state index contributed by atoms with van der Waals surface area (Å²) in [5, 5.41) is 0. The minimum Gasteiger partial charge on any atom is -0.462 e. The van der Waals surface area contributed by atoms with Crippen LogP contribution in [0.4, 0.5) is 0 Å². The predicted octanol–water partition coefficient (Wildman–Crippen LogP) is 4.31. The van der Waals surface area contributed by atoms with Crippen LogP contribution < -0.4 is 0 Å². The van der Waals surface area contributed by atoms with Gasteiger partial charge in [-0.1, -0.05) is 19.4 Å². The fourth-order valence-corrected chi connectivity index (χ4v) is 6.93. The number of hydrogen-bond donors (Lipinski definition) is 0. The summed E-state index contributed by atoms with van der Waals surface area (Å²) in [7, 11) is 0. The van der Waals surface area contributed by atoms with Gasteiger partial charge in [0.1, 0.15) is 6.10 Å². The van der Waals surface area contributed by atoms with E-state index in [0.717, 1.165) is 37.5 Å². The highest BCUT2D eigenvalue weighted by Crippen LogP contribution is 2.63. The maximum atomic E-state index is 11.8. The van der Waals surface area contributed by atoms with Crippen molar-refractivity contribution in [3.05, 3.63) is 11.6 Å². The summed E-state index contributed by atoms with van der Waals surface area (Å²) in [6, 6.07) is 0. The molecule has 132 valence electrons. The van der Waals surface area contributed by atoms with E-state index < -0.39 is 0 Å². The standard InChI is InChI=1S/C21H30O3/c1-12-10-14-11-15(23)4-5-16(14)17-8-9-21(3)18(20(12)17)6-7-19(21)24-13(2)22/h11-12,16-20H,4-10H2,1-3H3/t12-,16+,17-,18+,19?,20-,21+/m1/s1. The first-order chi connectivity index (χ1) is 11.4. The van der Waals surface area contributed by atoms with E-state index in [-0.39, 0.29) is 17.5 Å². The number of fused-ring (bicyclic) bond motifs is 5. The highest BCUT2D eigenvalue weighted by atomic mass is 16.5. The van der Waals surface area contributed by atoms with Crippen LogP contribution in [0.25, 0.3) is 0 Å². The molecule has 0 aromatic rings. The first-order valence-corrected chi connectivity index (χ1v) is 9.80. The lowest BCUT2D eigenvalue weighted by atomic mass is 9.49. The van der Waals surface area contributed by atoms with Gasteiger partial charge in [-0.3, -0.25) is 9.59 Å². The van der Waals surface area contributed by atoms with E-state index in [0.29, 0.717) is 23.5 Å². The number of carbonyl (C=O) groups excluding carboxylic acids is 2. The third-order valence-electron chi connectivity index (χ3n) is 7.86. The number of hydrogen-bond acceptors (Lipinski definition) is 3. The molecule has 0 bridgehead atoms. The maximum Gasteiger partial charge on any atom is 0.302 e. The molecule has 4 aliphatic rings. The first kappa shape index (κ1) is 16.4. The zero-order chi connectivity index (χ0) is 17.1. The minimum atomic E-state index is -0.128.